The average molecular weight is 210 g/mol. The second-order valence-electron chi connectivity index (χ2n) is 4.03. The third kappa shape index (κ3) is 3.20. The molecule has 84 valence electrons. The predicted octanol–water partition coefficient (Wildman–Crippen LogP) is 2.64. The molecular weight excluding hydrogens is 191 g/mol. The first-order valence-electron chi connectivity index (χ1n) is 5.28. The monoisotopic (exact) mass is 210 g/mol. The molecule has 0 amide bonds. The molecule has 0 heterocycles. The number of hydrogen-bond donors (Lipinski definition) is 1. The molecule has 0 fully saturated rings. The van der Waals surface area contributed by atoms with Crippen molar-refractivity contribution in [1.82, 2.24) is 4.90 Å². The smallest absolute Gasteiger partial charge is 0.146 e. The Bertz CT molecular complexity index is 325. The number of halogens is 1. The van der Waals surface area contributed by atoms with Gasteiger partial charge in [0.2, 0.25) is 0 Å². The van der Waals surface area contributed by atoms with E-state index in [0.29, 0.717) is 6.04 Å². The predicted molar refractivity (Wildman–Crippen MR) is 62.0 cm³/mol. The second-order valence-corrected chi connectivity index (χ2v) is 4.03. The molecule has 0 aliphatic heterocycles. The van der Waals surface area contributed by atoms with Crippen molar-refractivity contribution in [2.45, 2.75) is 32.9 Å². The summed E-state index contributed by atoms with van der Waals surface area (Å²) in [5, 5.41) is 0. The fourth-order valence-corrected chi connectivity index (χ4v) is 1.42. The fraction of sp³-hybridized carbons (Fsp3) is 0.500. The van der Waals surface area contributed by atoms with Crippen LogP contribution in [0.5, 0.6) is 0 Å². The number of benzene rings is 1. The first kappa shape index (κ1) is 12.0. The first-order chi connectivity index (χ1) is 7.04. The summed E-state index contributed by atoms with van der Waals surface area (Å²) in [6.45, 7) is 5.06. The van der Waals surface area contributed by atoms with E-state index in [9.17, 15) is 4.39 Å². The summed E-state index contributed by atoms with van der Waals surface area (Å²) >= 11 is 0. The maximum atomic E-state index is 13.2. The standard InChI is InChI=1S/C12H19FN2/c1-4-9(2)15(3)8-10-5-6-12(14)11(13)7-10/h5-7,9H,4,8,14H2,1-3H3. The molecule has 0 spiro atoms. The van der Waals surface area contributed by atoms with Gasteiger partial charge >= 0.3 is 0 Å². The summed E-state index contributed by atoms with van der Waals surface area (Å²) < 4.78 is 13.2. The zero-order valence-corrected chi connectivity index (χ0v) is 9.63. The highest BCUT2D eigenvalue weighted by Crippen LogP contribution is 2.14. The number of nitrogens with two attached hydrogens (primary N) is 1. The van der Waals surface area contributed by atoms with Crippen LogP contribution < -0.4 is 5.73 Å². The summed E-state index contributed by atoms with van der Waals surface area (Å²) in [5.41, 5.74) is 6.59. The van der Waals surface area contributed by atoms with Gasteiger partial charge < -0.3 is 5.73 Å². The Labute approximate surface area is 90.9 Å². The van der Waals surface area contributed by atoms with Crippen LogP contribution in [-0.4, -0.2) is 18.0 Å². The van der Waals surface area contributed by atoms with Gasteiger partial charge in [-0.1, -0.05) is 13.0 Å². The van der Waals surface area contributed by atoms with Gasteiger partial charge in [0.25, 0.3) is 0 Å². The van der Waals surface area contributed by atoms with Crippen molar-refractivity contribution in [1.29, 1.82) is 0 Å². The van der Waals surface area contributed by atoms with Gasteiger partial charge in [0, 0.05) is 12.6 Å². The van der Waals surface area contributed by atoms with Crippen LogP contribution in [0.1, 0.15) is 25.8 Å². The maximum Gasteiger partial charge on any atom is 0.146 e. The van der Waals surface area contributed by atoms with Crippen LogP contribution in [0.25, 0.3) is 0 Å². The van der Waals surface area contributed by atoms with Gasteiger partial charge in [0.15, 0.2) is 0 Å². The first-order valence-corrected chi connectivity index (χ1v) is 5.28. The summed E-state index contributed by atoms with van der Waals surface area (Å²) in [6.07, 6.45) is 1.09. The van der Waals surface area contributed by atoms with Gasteiger partial charge in [-0.25, -0.2) is 4.39 Å². The molecular formula is C12H19FN2. The average Bonchev–Trinajstić information content (AvgIpc) is 2.22. The Morgan fingerprint density at radius 3 is 2.67 bits per heavy atom. The van der Waals surface area contributed by atoms with Crippen LogP contribution in [0.15, 0.2) is 18.2 Å². The molecule has 0 radical (unpaired) electrons. The lowest BCUT2D eigenvalue weighted by atomic mass is 10.1. The number of rotatable bonds is 4. The van der Waals surface area contributed by atoms with Gasteiger partial charge in [-0.05, 0) is 38.1 Å². The molecule has 3 heteroatoms. The van der Waals surface area contributed by atoms with E-state index in [1.54, 1.807) is 6.07 Å². The molecule has 2 N–H and O–H groups in total. The van der Waals surface area contributed by atoms with E-state index < -0.39 is 0 Å². The SMILES string of the molecule is CCC(C)N(C)Cc1ccc(N)c(F)c1. The van der Waals surface area contributed by atoms with Crippen LogP contribution in [-0.2, 0) is 6.54 Å². The Kier molecular flexibility index (Phi) is 4.09. The van der Waals surface area contributed by atoms with Crippen LogP contribution in [0.2, 0.25) is 0 Å². The molecule has 2 nitrogen and oxygen atoms in total. The summed E-state index contributed by atoms with van der Waals surface area (Å²) in [4.78, 5) is 2.20. The summed E-state index contributed by atoms with van der Waals surface area (Å²) in [6, 6.07) is 5.51. The molecule has 1 rings (SSSR count). The van der Waals surface area contributed by atoms with Gasteiger partial charge in [-0.2, -0.15) is 0 Å². The quantitative estimate of drug-likeness (QED) is 0.774. The zero-order chi connectivity index (χ0) is 11.4. The van der Waals surface area contributed by atoms with Gasteiger partial charge in [-0.3, -0.25) is 4.90 Å². The molecule has 1 unspecified atom stereocenters. The Hall–Kier alpha value is -1.09. The molecule has 0 aromatic heterocycles. The Morgan fingerprint density at radius 1 is 1.47 bits per heavy atom. The van der Waals surface area contributed by atoms with Gasteiger partial charge in [0.1, 0.15) is 5.82 Å². The van der Waals surface area contributed by atoms with Gasteiger partial charge in [-0.15, -0.1) is 0 Å². The normalized spacial score (nSPS) is 13.1. The van der Waals surface area contributed by atoms with Gasteiger partial charge in [0.05, 0.1) is 5.69 Å². The molecule has 0 aliphatic rings. The van der Waals surface area contributed by atoms with E-state index in [4.69, 9.17) is 5.73 Å². The minimum absolute atomic E-state index is 0.213. The van der Waals surface area contributed by atoms with Crippen LogP contribution in [0.3, 0.4) is 0 Å². The number of anilines is 1. The van der Waals surface area contributed by atoms with Crippen molar-refractivity contribution in [2.24, 2.45) is 0 Å². The van der Waals surface area contributed by atoms with Crippen molar-refractivity contribution in [3.8, 4) is 0 Å². The number of nitrogens with zero attached hydrogens (tertiary/aromatic N) is 1. The second kappa shape index (κ2) is 5.12. The van der Waals surface area contributed by atoms with Crippen molar-refractivity contribution in [2.75, 3.05) is 12.8 Å². The minimum atomic E-state index is -0.329. The van der Waals surface area contributed by atoms with Crippen molar-refractivity contribution < 1.29 is 4.39 Å². The highest BCUT2D eigenvalue weighted by Gasteiger charge is 2.08. The van der Waals surface area contributed by atoms with Crippen molar-refractivity contribution >= 4 is 5.69 Å². The summed E-state index contributed by atoms with van der Waals surface area (Å²) in [5.74, 6) is -0.329. The third-order valence-corrected chi connectivity index (χ3v) is 2.84. The lowest BCUT2D eigenvalue weighted by Gasteiger charge is -2.23. The van der Waals surface area contributed by atoms with E-state index in [0.717, 1.165) is 18.5 Å². The third-order valence-electron chi connectivity index (χ3n) is 2.84. The van der Waals surface area contributed by atoms with Crippen LogP contribution in [0, 0.1) is 5.82 Å². The van der Waals surface area contributed by atoms with Crippen molar-refractivity contribution in [3.63, 3.8) is 0 Å². The highest BCUT2D eigenvalue weighted by molar-refractivity contribution is 5.41. The molecule has 1 aromatic rings. The molecule has 0 saturated carbocycles. The minimum Gasteiger partial charge on any atom is -0.396 e. The Balaban J connectivity index is 2.68. The largest absolute Gasteiger partial charge is 0.396 e. The van der Waals surface area contributed by atoms with Crippen LogP contribution in [0.4, 0.5) is 10.1 Å². The van der Waals surface area contributed by atoms with E-state index in [2.05, 4.69) is 18.7 Å². The van der Waals surface area contributed by atoms with Crippen molar-refractivity contribution in [3.05, 3.63) is 29.6 Å². The maximum absolute atomic E-state index is 13.2. The molecule has 15 heavy (non-hydrogen) atoms. The molecule has 1 atom stereocenters. The molecule has 0 aliphatic carbocycles. The fourth-order valence-electron chi connectivity index (χ4n) is 1.42. The molecule has 0 saturated heterocycles. The highest BCUT2D eigenvalue weighted by atomic mass is 19.1. The zero-order valence-electron chi connectivity index (χ0n) is 9.63. The number of hydrogen-bond acceptors (Lipinski definition) is 2. The number of nitrogen functional groups attached to an aromatic ring is 1. The van der Waals surface area contributed by atoms with E-state index in [1.807, 2.05) is 13.1 Å². The van der Waals surface area contributed by atoms with E-state index >= 15 is 0 Å². The molecule has 0 bridgehead atoms. The van der Waals surface area contributed by atoms with E-state index in [-0.39, 0.29) is 11.5 Å². The van der Waals surface area contributed by atoms with Crippen LogP contribution >= 0.6 is 0 Å². The summed E-state index contributed by atoms with van der Waals surface area (Å²) in [7, 11) is 2.04. The van der Waals surface area contributed by atoms with E-state index in [1.165, 1.54) is 6.07 Å². The topological polar surface area (TPSA) is 29.3 Å². The lowest BCUT2D eigenvalue weighted by Crippen LogP contribution is -2.27. The Morgan fingerprint density at radius 2 is 2.13 bits per heavy atom. The lowest BCUT2D eigenvalue weighted by molar-refractivity contribution is 0.243. The molecule has 1 aromatic carbocycles.